The Kier molecular flexibility index (Phi) is 5.79. The minimum Gasteiger partial charge on any atom is -0.338 e. The third-order valence-corrected chi connectivity index (χ3v) is 4.52. The summed E-state index contributed by atoms with van der Waals surface area (Å²) in [6.07, 6.45) is 7.44. The van der Waals surface area contributed by atoms with Crippen LogP contribution in [0.3, 0.4) is 0 Å². The highest BCUT2D eigenvalue weighted by Gasteiger charge is 2.04. The van der Waals surface area contributed by atoms with Gasteiger partial charge in [-0.15, -0.1) is 11.3 Å². The second-order valence-corrected chi connectivity index (χ2v) is 6.78. The topological polar surface area (TPSA) is 71.8 Å². The normalized spacial score (nSPS) is 10.6. The molecule has 2 amide bonds. The molecule has 130 valence electrons. The molecule has 0 radical (unpaired) electrons. The van der Waals surface area contributed by atoms with E-state index in [4.69, 9.17) is 0 Å². The number of carbonyl (C=O) groups is 1. The number of imidazole rings is 1. The number of anilines is 1. The molecular formula is C18H21N5OS. The summed E-state index contributed by atoms with van der Waals surface area (Å²) in [5, 5.41) is 8.80. The Morgan fingerprint density at radius 3 is 2.76 bits per heavy atom. The van der Waals surface area contributed by atoms with Crippen molar-refractivity contribution in [3.63, 3.8) is 0 Å². The van der Waals surface area contributed by atoms with E-state index in [2.05, 4.69) is 20.6 Å². The molecule has 0 bridgehead atoms. The van der Waals surface area contributed by atoms with Crippen molar-refractivity contribution in [1.29, 1.82) is 0 Å². The number of amides is 2. The van der Waals surface area contributed by atoms with Crippen LogP contribution in [0.4, 0.5) is 10.5 Å². The molecule has 0 spiro atoms. The number of hydrogen-bond acceptors (Lipinski definition) is 4. The van der Waals surface area contributed by atoms with Crippen molar-refractivity contribution < 1.29 is 4.79 Å². The smallest absolute Gasteiger partial charge is 0.319 e. The molecule has 2 heterocycles. The van der Waals surface area contributed by atoms with Gasteiger partial charge in [0.05, 0.1) is 17.0 Å². The van der Waals surface area contributed by atoms with Crippen LogP contribution >= 0.6 is 11.3 Å². The highest BCUT2D eigenvalue weighted by molar-refractivity contribution is 7.09. The van der Waals surface area contributed by atoms with Gasteiger partial charge in [0.15, 0.2) is 0 Å². The summed E-state index contributed by atoms with van der Waals surface area (Å²) in [6.45, 7) is 3.56. The number of urea groups is 1. The van der Waals surface area contributed by atoms with Crippen LogP contribution < -0.4 is 10.6 Å². The van der Waals surface area contributed by atoms with Crippen molar-refractivity contribution in [3.05, 3.63) is 53.4 Å². The van der Waals surface area contributed by atoms with Crippen LogP contribution in [0, 0.1) is 6.92 Å². The van der Waals surface area contributed by atoms with Gasteiger partial charge in [-0.05, 0) is 31.9 Å². The molecule has 6 nitrogen and oxygen atoms in total. The number of aryl methyl sites for hydroxylation is 2. The molecule has 0 aliphatic carbocycles. The van der Waals surface area contributed by atoms with Crippen LogP contribution in [-0.2, 0) is 6.54 Å². The van der Waals surface area contributed by atoms with E-state index in [1.807, 2.05) is 47.3 Å². The standard InChI is InChI=1S/C18H21N5OS/c1-14-21-17(12-25-14)15-4-6-16(7-5-15)22-18(24)20-8-2-3-10-23-11-9-19-13-23/h4-7,9,11-13H,2-3,8,10H2,1H3,(H2,20,22,24). The van der Waals surface area contributed by atoms with E-state index in [-0.39, 0.29) is 6.03 Å². The Bertz CT molecular complexity index is 795. The molecule has 3 rings (SSSR count). The number of nitrogens with one attached hydrogen (secondary N) is 2. The molecule has 1 aromatic carbocycles. The van der Waals surface area contributed by atoms with E-state index in [1.54, 1.807) is 23.9 Å². The van der Waals surface area contributed by atoms with Crippen molar-refractivity contribution in [2.75, 3.05) is 11.9 Å². The van der Waals surface area contributed by atoms with Crippen LogP contribution in [-0.4, -0.2) is 27.1 Å². The van der Waals surface area contributed by atoms with E-state index in [9.17, 15) is 4.79 Å². The summed E-state index contributed by atoms with van der Waals surface area (Å²) in [5.41, 5.74) is 2.79. The molecule has 25 heavy (non-hydrogen) atoms. The maximum absolute atomic E-state index is 11.9. The number of unbranched alkanes of at least 4 members (excludes halogenated alkanes) is 1. The second-order valence-electron chi connectivity index (χ2n) is 5.72. The minimum atomic E-state index is -0.181. The van der Waals surface area contributed by atoms with Crippen LogP contribution in [0.5, 0.6) is 0 Å². The molecule has 0 atom stereocenters. The first-order chi connectivity index (χ1) is 12.2. The lowest BCUT2D eigenvalue weighted by atomic mass is 10.1. The number of nitrogens with zero attached hydrogens (tertiary/aromatic N) is 3. The van der Waals surface area contributed by atoms with Gasteiger partial charge in [0, 0.05) is 42.1 Å². The van der Waals surface area contributed by atoms with Crippen molar-refractivity contribution in [1.82, 2.24) is 19.9 Å². The average molecular weight is 355 g/mol. The zero-order valence-electron chi connectivity index (χ0n) is 14.1. The molecule has 0 fully saturated rings. The molecule has 0 saturated carbocycles. The Morgan fingerprint density at radius 1 is 1.24 bits per heavy atom. The van der Waals surface area contributed by atoms with Crippen LogP contribution in [0.2, 0.25) is 0 Å². The van der Waals surface area contributed by atoms with Crippen LogP contribution in [0.15, 0.2) is 48.4 Å². The Morgan fingerprint density at radius 2 is 2.08 bits per heavy atom. The lowest BCUT2D eigenvalue weighted by molar-refractivity contribution is 0.252. The van der Waals surface area contributed by atoms with Gasteiger partial charge in [-0.2, -0.15) is 0 Å². The number of benzene rings is 1. The molecule has 0 unspecified atom stereocenters. The van der Waals surface area contributed by atoms with Gasteiger partial charge in [0.1, 0.15) is 0 Å². The molecule has 0 aliphatic heterocycles. The van der Waals surface area contributed by atoms with Crippen molar-refractivity contribution in [3.8, 4) is 11.3 Å². The van der Waals surface area contributed by atoms with Gasteiger partial charge in [0.25, 0.3) is 0 Å². The highest BCUT2D eigenvalue weighted by Crippen LogP contribution is 2.22. The SMILES string of the molecule is Cc1nc(-c2ccc(NC(=O)NCCCCn3ccnc3)cc2)cs1. The number of aromatic nitrogens is 3. The highest BCUT2D eigenvalue weighted by atomic mass is 32.1. The Hall–Kier alpha value is -2.67. The molecular weight excluding hydrogens is 334 g/mol. The second kappa shape index (κ2) is 8.43. The lowest BCUT2D eigenvalue weighted by Crippen LogP contribution is -2.29. The molecule has 2 aromatic heterocycles. The summed E-state index contributed by atoms with van der Waals surface area (Å²) in [5.74, 6) is 0. The Labute approximate surface area is 150 Å². The molecule has 0 saturated heterocycles. The van der Waals surface area contributed by atoms with Gasteiger partial charge in [-0.25, -0.2) is 14.8 Å². The van der Waals surface area contributed by atoms with Gasteiger partial charge >= 0.3 is 6.03 Å². The Balaban J connectivity index is 1.39. The zero-order valence-corrected chi connectivity index (χ0v) is 14.9. The first-order valence-corrected chi connectivity index (χ1v) is 9.12. The quantitative estimate of drug-likeness (QED) is 0.631. The van der Waals surface area contributed by atoms with Gasteiger partial charge in [0.2, 0.25) is 0 Å². The molecule has 7 heteroatoms. The van der Waals surface area contributed by atoms with Gasteiger partial charge in [-0.1, -0.05) is 12.1 Å². The lowest BCUT2D eigenvalue weighted by Gasteiger charge is -2.08. The van der Waals surface area contributed by atoms with E-state index in [1.165, 1.54) is 0 Å². The number of thiazole rings is 1. The largest absolute Gasteiger partial charge is 0.338 e. The third kappa shape index (κ3) is 5.15. The zero-order chi connectivity index (χ0) is 17.5. The fourth-order valence-electron chi connectivity index (χ4n) is 2.44. The summed E-state index contributed by atoms with van der Waals surface area (Å²) >= 11 is 1.63. The van der Waals surface area contributed by atoms with Gasteiger partial charge in [-0.3, -0.25) is 0 Å². The fourth-order valence-corrected chi connectivity index (χ4v) is 3.06. The predicted octanol–water partition coefficient (Wildman–Crippen LogP) is 3.92. The van der Waals surface area contributed by atoms with E-state index in [0.717, 1.165) is 41.3 Å². The number of hydrogen-bond donors (Lipinski definition) is 2. The summed E-state index contributed by atoms with van der Waals surface area (Å²) in [6, 6.07) is 7.54. The number of rotatable bonds is 7. The van der Waals surface area contributed by atoms with Crippen molar-refractivity contribution in [2.24, 2.45) is 0 Å². The number of carbonyl (C=O) groups excluding carboxylic acids is 1. The monoisotopic (exact) mass is 355 g/mol. The van der Waals surface area contributed by atoms with Crippen molar-refractivity contribution >= 4 is 23.1 Å². The van der Waals surface area contributed by atoms with Crippen LogP contribution in [0.25, 0.3) is 11.3 Å². The summed E-state index contributed by atoms with van der Waals surface area (Å²) in [7, 11) is 0. The predicted molar refractivity (Wildman–Crippen MR) is 101 cm³/mol. The van der Waals surface area contributed by atoms with Gasteiger partial charge < -0.3 is 15.2 Å². The third-order valence-electron chi connectivity index (χ3n) is 3.75. The van der Waals surface area contributed by atoms with Crippen LogP contribution in [0.1, 0.15) is 17.8 Å². The fraction of sp³-hybridized carbons (Fsp3) is 0.278. The minimum absolute atomic E-state index is 0.181. The van der Waals surface area contributed by atoms with E-state index >= 15 is 0 Å². The molecule has 2 N–H and O–H groups in total. The maximum atomic E-state index is 11.9. The summed E-state index contributed by atoms with van der Waals surface area (Å²) in [4.78, 5) is 20.4. The first kappa shape index (κ1) is 17.2. The van der Waals surface area contributed by atoms with Crippen molar-refractivity contribution in [2.45, 2.75) is 26.3 Å². The molecule has 0 aliphatic rings. The van der Waals surface area contributed by atoms with E-state index < -0.39 is 0 Å². The molecule has 3 aromatic rings. The first-order valence-electron chi connectivity index (χ1n) is 8.24. The maximum Gasteiger partial charge on any atom is 0.319 e. The van der Waals surface area contributed by atoms with E-state index in [0.29, 0.717) is 6.54 Å². The average Bonchev–Trinajstić information content (AvgIpc) is 3.27. The summed E-state index contributed by atoms with van der Waals surface area (Å²) < 4.78 is 2.03.